The van der Waals surface area contributed by atoms with Gasteiger partial charge in [-0.3, -0.25) is 4.98 Å². The fourth-order valence-corrected chi connectivity index (χ4v) is 6.60. The number of fused-ring (bicyclic) bond motifs is 1. The number of allylic oxidation sites excluding steroid dienone is 4. The fourth-order valence-electron chi connectivity index (χ4n) is 5.35. The average molecular weight is 631 g/mol. The van der Waals surface area contributed by atoms with Crippen molar-refractivity contribution in [2.75, 3.05) is 0 Å². The van der Waals surface area contributed by atoms with Crippen LogP contribution in [0, 0.1) is 11.8 Å². The molecule has 232 valence electrons. The largest absolute Gasteiger partial charge is 0.429 e. The summed E-state index contributed by atoms with van der Waals surface area (Å²) in [5.41, 5.74) is 5.28. The van der Waals surface area contributed by atoms with Crippen LogP contribution in [-0.2, 0) is 11.0 Å². The maximum absolute atomic E-state index is 13.1. The molecule has 1 aromatic heterocycles. The SMILES string of the molecule is CCCC#CC1=C(/C(=C/CC(CC)S(=O)N=C(C)C(F)(F)F)CCCC)CC(c2ccccn2)C(C)c2cc(Cl)ccc21. The van der Waals surface area contributed by atoms with Crippen LogP contribution in [0.15, 0.2) is 64.2 Å². The monoisotopic (exact) mass is 630 g/mol. The van der Waals surface area contributed by atoms with E-state index in [9.17, 15) is 17.4 Å². The molecule has 0 bridgehead atoms. The third-order valence-electron chi connectivity index (χ3n) is 7.95. The summed E-state index contributed by atoms with van der Waals surface area (Å²) >= 11 is 6.54. The molecule has 0 saturated heterocycles. The number of halogens is 4. The minimum Gasteiger partial charge on any atom is -0.261 e. The number of aromatic nitrogens is 1. The van der Waals surface area contributed by atoms with Gasteiger partial charge in [-0.25, -0.2) is 4.21 Å². The number of benzene rings is 1. The molecule has 4 unspecified atom stereocenters. The zero-order valence-electron chi connectivity index (χ0n) is 25.7. The average Bonchev–Trinajstić information content (AvgIpc) is 3.09. The molecule has 8 heteroatoms. The maximum Gasteiger partial charge on any atom is 0.429 e. The first-order valence-electron chi connectivity index (χ1n) is 15.2. The normalized spacial score (nSPS) is 19.3. The zero-order chi connectivity index (χ0) is 31.6. The van der Waals surface area contributed by atoms with Crippen LogP contribution < -0.4 is 0 Å². The molecule has 0 amide bonds. The Morgan fingerprint density at radius 3 is 2.60 bits per heavy atom. The van der Waals surface area contributed by atoms with Gasteiger partial charge in [0.25, 0.3) is 0 Å². The first kappa shape index (κ1) is 34.8. The van der Waals surface area contributed by atoms with Gasteiger partial charge in [-0.05, 0) is 97.9 Å². The summed E-state index contributed by atoms with van der Waals surface area (Å²) in [6.45, 7) is 9.15. The molecule has 3 nitrogen and oxygen atoms in total. The lowest BCUT2D eigenvalue weighted by molar-refractivity contribution is -0.0589. The molecule has 0 fully saturated rings. The number of unbranched alkanes of at least 4 members (excludes halogenated alkanes) is 2. The van der Waals surface area contributed by atoms with Gasteiger partial charge in [0.15, 0.2) is 0 Å². The van der Waals surface area contributed by atoms with Crippen LogP contribution in [0.4, 0.5) is 13.2 Å². The van der Waals surface area contributed by atoms with E-state index in [0.29, 0.717) is 24.3 Å². The molecule has 1 aliphatic rings. The molecule has 3 rings (SSSR count). The smallest absolute Gasteiger partial charge is 0.261 e. The molecule has 1 aromatic carbocycles. The minimum atomic E-state index is -4.60. The van der Waals surface area contributed by atoms with E-state index in [1.165, 1.54) is 0 Å². The second-order valence-electron chi connectivity index (χ2n) is 11.0. The lowest BCUT2D eigenvalue weighted by Gasteiger charge is -2.24. The number of hydrogen-bond acceptors (Lipinski definition) is 2. The molecule has 0 saturated carbocycles. The second-order valence-corrected chi connectivity index (χ2v) is 12.9. The van der Waals surface area contributed by atoms with Crippen molar-refractivity contribution in [3.63, 3.8) is 0 Å². The highest BCUT2D eigenvalue weighted by Gasteiger charge is 2.34. The van der Waals surface area contributed by atoms with Gasteiger partial charge in [0.2, 0.25) is 0 Å². The first-order chi connectivity index (χ1) is 20.5. The van der Waals surface area contributed by atoms with Crippen LogP contribution >= 0.6 is 11.6 Å². The number of pyridine rings is 1. The van der Waals surface area contributed by atoms with Gasteiger partial charge >= 0.3 is 6.18 Å². The lowest BCUT2D eigenvalue weighted by Crippen LogP contribution is -2.22. The van der Waals surface area contributed by atoms with E-state index in [0.717, 1.165) is 72.6 Å². The molecule has 0 spiro atoms. The van der Waals surface area contributed by atoms with Gasteiger partial charge in [-0.2, -0.15) is 17.6 Å². The molecule has 43 heavy (non-hydrogen) atoms. The van der Waals surface area contributed by atoms with Crippen molar-refractivity contribution in [3.8, 4) is 11.8 Å². The molecule has 4 atom stereocenters. The van der Waals surface area contributed by atoms with Crippen molar-refractivity contribution in [2.24, 2.45) is 4.40 Å². The topological polar surface area (TPSA) is 42.3 Å². The molecule has 0 N–H and O–H groups in total. The van der Waals surface area contributed by atoms with Gasteiger partial charge in [-0.1, -0.05) is 75.8 Å². The van der Waals surface area contributed by atoms with Gasteiger partial charge in [-0.15, -0.1) is 0 Å². The summed E-state index contributed by atoms with van der Waals surface area (Å²) in [6, 6.07) is 12.0. The van der Waals surface area contributed by atoms with E-state index in [1.807, 2.05) is 37.4 Å². The minimum absolute atomic E-state index is 0.0547. The van der Waals surface area contributed by atoms with E-state index in [1.54, 1.807) is 0 Å². The zero-order valence-corrected chi connectivity index (χ0v) is 27.3. The van der Waals surface area contributed by atoms with Crippen LogP contribution in [0.25, 0.3) is 5.57 Å². The Balaban J connectivity index is 2.23. The number of nitrogens with zero attached hydrogens (tertiary/aromatic N) is 2. The highest BCUT2D eigenvalue weighted by molar-refractivity contribution is 7.84. The third-order valence-corrected chi connectivity index (χ3v) is 9.74. The Bertz CT molecular complexity index is 1420. The summed E-state index contributed by atoms with van der Waals surface area (Å²) in [5.74, 6) is 7.05. The van der Waals surface area contributed by atoms with Crippen LogP contribution in [0.5, 0.6) is 0 Å². The first-order valence-corrected chi connectivity index (χ1v) is 16.7. The number of rotatable bonds is 11. The fraction of sp³-hybridized carbons (Fsp3) is 0.486. The molecule has 1 aliphatic carbocycles. The highest BCUT2D eigenvalue weighted by Crippen LogP contribution is 2.47. The Morgan fingerprint density at radius 2 is 1.98 bits per heavy atom. The van der Waals surface area contributed by atoms with Gasteiger partial charge in [0.1, 0.15) is 16.7 Å². The van der Waals surface area contributed by atoms with Crippen molar-refractivity contribution >= 4 is 33.9 Å². The molecular weight excluding hydrogens is 589 g/mol. The summed E-state index contributed by atoms with van der Waals surface area (Å²) in [5, 5.41) is 0.131. The van der Waals surface area contributed by atoms with E-state index in [2.05, 4.69) is 55.2 Å². The van der Waals surface area contributed by atoms with Crippen LogP contribution in [-0.4, -0.2) is 26.3 Å². The van der Waals surface area contributed by atoms with Crippen LogP contribution in [0.2, 0.25) is 5.02 Å². The standard InChI is InChI=1S/C35H42ClF3N2OS/c1-6-9-11-15-29-30-20-18-27(36)22-31(30)24(4)32(34-16-12-13-21-40-34)23-33(29)26(14-10-7-2)17-19-28(8-3)43(42)41-25(5)35(37,38)39/h12-13,16-18,20-22,24,28,32H,6-10,14,19,23H2,1-5H3/b26-17+,41-25?. The summed E-state index contributed by atoms with van der Waals surface area (Å²) in [7, 11) is -2.01. The van der Waals surface area contributed by atoms with Crippen molar-refractivity contribution in [1.82, 2.24) is 4.98 Å². The van der Waals surface area contributed by atoms with Gasteiger partial charge in [0.05, 0.1) is 5.25 Å². The van der Waals surface area contributed by atoms with E-state index < -0.39 is 28.1 Å². The van der Waals surface area contributed by atoms with Crippen LogP contribution in [0.1, 0.15) is 115 Å². The van der Waals surface area contributed by atoms with E-state index >= 15 is 0 Å². The quantitative estimate of drug-likeness (QED) is 0.183. The Labute approximate surface area is 262 Å². The Morgan fingerprint density at radius 1 is 1.21 bits per heavy atom. The molecule has 1 heterocycles. The Kier molecular flexibility index (Phi) is 13.3. The number of alkyl halides is 3. The van der Waals surface area contributed by atoms with E-state index in [-0.39, 0.29) is 11.8 Å². The van der Waals surface area contributed by atoms with Crippen molar-refractivity contribution in [2.45, 2.75) is 109 Å². The summed E-state index contributed by atoms with van der Waals surface area (Å²) in [4.78, 5) is 4.75. The molecule has 0 radical (unpaired) electrons. The van der Waals surface area contributed by atoms with Crippen molar-refractivity contribution in [3.05, 3.63) is 81.7 Å². The Hall–Kier alpha value is -2.69. The second kappa shape index (κ2) is 16.4. The summed E-state index contributed by atoms with van der Waals surface area (Å²) in [6.07, 6.45) is 5.19. The third kappa shape index (κ3) is 9.40. The van der Waals surface area contributed by atoms with Gasteiger partial charge in [0, 0.05) is 34.8 Å². The molecule has 2 aromatic rings. The van der Waals surface area contributed by atoms with Crippen LogP contribution in [0.3, 0.4) is 0 Å². The van der Waals surface area contributed by atoms with Gasteiger partial charge < -0.3 is 0 Å². The lowest BCUT2D eigenvalue weighted by atomic mass is 9.81. The predicted octanol–water partition coefficient (Wildman–Crippen LogP) is 10.6. The highest BCUT2D eigenvalue weighted by atomic mass is 35.5. The number of hydrogen-bond donors (Lipinski definition) is 0. The molecular formula is C35H42ClF3N2OS. The predicted molar refractivity (Wildman–Crippen MR) is 175 cm³/mol. The maximum atomic E-state index is 13.1. The summed E-state index contributed by atoms with van der Waals surface area (Å²) < 4.78 is 55.9. The van der Waals surface area contributed by atoms with Crippen molar-refractivity contribution in [1.29, 1.82) is 0 Å². The van der Waals surface area contributed by atoms with Crippen molar-refractivity contribution < 1.29 is 17.4 Å². The van der Waals surface area contributed by atoms with E-state index in [4.69, 9.17) is 16.6 Å². The molecule has 0 aliphatic heterocycles.